The summed E-state index contributed by atoms with van der Waals surface area (Å²) in [5.41, 5.74) is 2.51. The Kier molecular flexibility index (Phi) is 5.85. The number of nitrogens with one attached hydrogen (secondary N) is 1. The van der Waals surface area contributed by atoms with Gasteiger partial charge in [-0.05, 0) is 42.3 Å². The van der Waals surface area contributed by atoms with Gasteiger partial charge < -0.3 is 9.15 Å². The van der Waals surface area contributed by atoms with Crippen molar-refractivity contribution in [1.29, 1.82) is 0 Å². The lowest BCUT2D eigenvalue weighted by Crippen LogP contribution is -2.22. The molecule has 4 aromatic rings. The summed E-state index contributed by atoms with van der Waals surface area (Å²) in [5.74, 6) is 0.356. The Hall–Kier alpha value is -3.93. The molecule has 150 valence electrons. The van der Waals surface area contributed by atoms with E-state index in [1.807, 2.05) is 91.9 Å². The Morgan fingerprint density at radius 2 is 1.50 bits per heavy atom. The Labute approximate surface area is 174 Å². The second-order valence-corrected chi connectivity index (χ2v) is 6.61. The number of amides is 1. The maximum Gasteiger partial charge on any atom is 0.322 e. The first-order valence-electron chi connectivity index (χ1n) is 9.72. The minimum atomic E-state index is -0.492. The van der Waals surface area contributed by atoms with E-state index in [1.165, 1.54) is 0 Å². The fourth-order valence-electron chi connectivity index (χ4n) is 3.21. The third-order valence-corrected chi connectivity index (χ3v) is 4.60. The number of carbonyl (C=O) groups excluding carboxylic acids is 1. The van der Waals surface area contributed by atoms with Gasteiger partial charge in [-0.1, -0.05) is 65.8 Å². The van der Waals surface area contributed by atoms with E-state index in [0.29, 0.717) is 12.5 Å². The molecule has 0 bridgehead atoms. The van der Waals surface area contributed by atoms with E-state index in [2.05, 4.69) is 15.5 Å². The number of hydrogen-bond acceptors (Lipinski definition) is 5. The van der Waals surface area contributed by atoms with Gasteiger partial charge in [-0.15, -0.1) is 5.10 Å². The van der Waals surface area contributed by atoms with Crippen molar-refractivity contribution in [2.75, 3.05) is 11.9 Å². The first-order valence-corrected chi connectivity index (χ1v) is 9.72. The molecular weight excluding hydrogens is 378 g/mol. The number of anilines is 1. The molecule has 6 heteroatoms. The molecule has 3 aromatic carbocycles. The number of benzene rings is 3. The molecule has 1 aromatic heterocycles. The summed E-state index contributed by atoms with van der Waals surface area (Å²) >= 11 is 0. The topological polar surface area (TPSA) is 77.3 Å². The highest BCUT2D eigenvalue weighted by Gasteiger charge is 2.24. The van der Waals surface area contributed by atoms with Crippen molar-refractivity contribution in [3.8, 4) is 17.2 Å². The van der Waals surface area contributed by atoms with Crippen LogP contribution in [0.2, 0.25) is 0 Å². The quantitative estimate of drug-likeness (QED) is 0.478. The molecule has 0 unspecified atom stereocenters. The Morgan fingerprint density at radius 1 is 0.900 bits per heavy atom. The van der Waals surface area contributed by atoms with Crippen LogP contribution in [0.1, 0.15) is 24.0 Å². The van der Waals surface area contributed by atoms with Gasteiger partial charge in [0.15, 0.2) is 0 Å². The van der Waals surface area contributed by atoms with Crippen LogP contribution in [-0.4, -0.2) is 22.7 Å². The zero-order valence-corrected chi connectivity index (χ0v) is 16.5. The molecule has 6 nitrogen and oxygen atoms in total. The van der Waals surface area contributed by atoms with Crippen LogP contribution in [0.15, 0.2) is 89.3 Å². The summed E-state index contributed by atoms with van der Waals surface area (Å²) in [6.07, 6.45) is 0. The van der Waals surface area contributed by atoms with Gasteiger partial charge in [-0.2, -0.15) is 0 Å². The average molecular weight is 399 g/mol. The lowest BCUT2D eigenvalue weighted by Gasteiger charge is -2.16. The van der Waals surface area contributed by atoms with E-state index in [9.17, 15) is 4.79 Å². The third kappa shape index (κ3) is 4.38. The van der Waals surface area contributed by atoms with Crippen molar-refractivity contribution in [3.05, 3.63) is 96.1 Å². The van der Waals surface area contributed by atoms with Gasteiger partial charge in [0.05, 0.1) is 12.5 Å². The van der Waals surface area contributed by atoms with Gasteiger partial charge in [-0.3, -0.25) is 10.1 Å². The summed E-state index contributed by atoms with van der Waals surface area (Å²) < 4.78 is 11.1. The second-order valence-electron chi connectivity index (χ2n) is 6.61. The molecule has 4 rings (SSSR count). The van der Waals surface area contributed by atoms with Crippen LogP contribution < -0.4 is 10.1 Å². The Morgan fingerprint density at radius 3 is 2.07 bits per heavy atom. The fourth-order valence-corrected chi connectivity index (χ4v) is 3.21. The first-order chi connectivity index (χ1) is 14.7. The lowest BCUT2D eigenvalue weighted by atomic mass is 9.90. The Balaban J connectivity index is 1.55. The molecule has 0 aliphatic rings. The highest BCUT2D eigenvalue weighted by atomic mass is 16.5. The summed E-state index contributed by atoms with van der Waals surface area (Å²) in [5, 5.41) is 10.8. The molecule has 0 saturated carbocycles. The molecule has 0 radical (unpaired) electrons. The number of aromatic nitrogens is 2. The van der Waals surface area contributed by atoms with Crippen LogP contribution in [0.5, 0.6) is 5.75 Å². The summed E-state index contributed by atoms with van der Waals surface area (Å²) in [6, 6.07) is 26.6. The molecule has 0 spiro atoms. The second kappa shape index (κ2) is 9.05. The van der Waals surface area contributed by atoms with Crippen molar-refractivity contribution < 1.29 is 13.9 Å². The molecule has 0 aliphatic carbocycles. The first kappa shape index (κ1) is 19.4. The minimum absolute atomic E-state index is 0.0562. The fraction of sp³-hybridized carbons (Fsp3) is 0.125. The van der Waals surface area contributed by atoms with E-state index in [-0.39, 0.29) is 11.9 Å². The summed E-state index contributed by atoms with van der Waals surface area (Å²) in [7, 11) is 0. The van der Waals surface area contributed by atoms with Crippen LogP contribution in [0.25, 0.3) is 11.5 Å². The standard InChI is InChI=1S/C24H21N3O3/c1-2-29-20-15-13-19(14-16-20)23-26-27-24(30-23)25-22(28)21(17-9-5-3-6-10-17)18-11-7-4-8-12-18/h3-16,21H,2H2,1H3,(H,25,27,28). The summed E-state index contributed by atoms with van der Waals surface area (Å²) in [6.45, 7) is 2.53. The Bertz CT molecular complexity index is 1050. The van der Waals surface area contributed by atoms with E-state index in [4.69, 9.17) is 9.15 Å². The highest BCUT2D eigenvalue weighted by molar-refractivity contribution is 5.96. The van der Waals surface area contributed by atoms with Gasteiger partial charge in [0.1, 0.15) is 5.75 Å². The molecule has 30 heavy (non-hydrogen) atoms. The maximum atomic E-state index is 13.1. The SMILES string of the molecule is CCOc1ccc(-c2nnc(NC(=O)C(c3ccccc3)c3ccccc3)o2)cc1. The van der Waals surface area contributed by atoms with Crippen LogP contribution in [0.3, 0.4) is 0 Å². The van der Waals surface area contributed by atoms with Gasteiger partial charge in [0.2, 0.25) is 11.8 Å². The van der Waals surface area contributed by atoms with Crippen molar-refractivity contribution in [1.82, 2.24) is 10.2 Å². The normalized spacial score (nSPS) is 10.7. The summed E-state index contributed by atoms with van der Waals surface area (Å²) in [4.78, 5) is 13.1. The molecule has 1 heterocycles. The van der Waals surface area contributed by atoms with E-state index in [1.54, 1.807) is 0 Å². The number of carbonyl (C=O) groups is 1. The lowest BCUT2D eigenvalue weighted by molar-refractivity contribution is -0.116. The number of ether oxygens (including phenoxy) is 1. The van der Waals surface area contributed by atoms with Crippen LogP contribution in [0, 0.1) is 0 Å². The molecule has 1 amide bonds. The van der Waals surface area contributed by atoms with Gasteiger partial charge in [-0.25, -0.2) is 0 Å². The minimum Gasteiger partial charge on any atom is -0.494 e. The zero-order chi connectivity index (χ0) is 20.8. The van der Waals surface area contributed by atoms with Crippen molar-refractivity contribution >= 4 is 11.9 Å². The van der Waals surface area contributed by atoms with E-state index in [0.717, 1.165) is 22.4 Å². The van der Waals surface area contributed by atoms with E-state index < -0.39 is 5.92 Å². The largest absolute Gasteiger partial charge is 0.494 e. The van der Waals surface area contributed by atoms with Gasteiger partial charge in [0.25, 0.3) is 0 Å². The van der Waals surface area contributed by atoms with Crippen molar-refractivity contribution in [2.45, 2.75) is 12.8 Å². The highest BCUT2D eigenvalue weighted by Crippen LogP contribution is 2.27. The molecule has 0 aliphatic heterocycles. The van der Waals surface area contributed by atoms with Gasteiger partial charge >= 0.3 is 6.01 Å². The molecule has 1 N–H and O–H groups in total. The average Bonchev–Trinajstić information content (AvgIpc) is 3.24. The number of rotatable bonds is 7. The van der Waals surface area contributed by atoms with Crippen LogP contribution in [0.4, 0.5) is 6.01 Å². The zero-order valence-electron chi connectivity index (χ0n) is 16.5. The predicted octanol–water partition coefficient (Wildman–Crippen LogP) is 4.91. The number of nitrogens with zero attached hydrogens (tertiary/aromatic N) is 2. The maximum absolute atomic E-state index is 13.1. The van der Waals surface area contributed by atoms with Crippen LogP contribution >= 0.6 is 0 Å². The molecule has 0 fully saturated rings. The van der Waals surface area contributed by atoms with Gasteiger partial charge in [0, 0.05) is 5.56 Å². The monoisotopic (exact) mass is 399 g/mol. The smallest absolute Gasteiger partial charge is 0.322 e. The van der Waals surface area contributed by atoms with Crippen molar-refractivity contribution in [3.63, 3.8) is 0 Å². The molecule has 0 atom stereocenters. The van der Waals surface area contributed by atoms with Crippen LogP contribution in [-0.2, 0) is 4.79 Å². The van der Waals surface area contributed by atoms with E-state index >= 15 is 0 Å². The number of hydrogen-bond donors (Lipinski definition) is 1. The third-order valence-electron chi connectivity index (χ3n) is 4.60. The molecule has 0 saturated heterocycles. The predicted molar refractivity (Wildman–Crippen MR) is 114 cm³/mol. The van der Waals surface area contributed by atoms with Crippen molar-refractivity contribution in [2.24, 2.45) is 0 Å². The molecular formula is C24H21N3O3.